The molecule has 0 unspecified atom stereocenters. The molecule has 0 radical (unpaired) electrons. The lowest BCUT2D eigenvalue weighted by Crippen LogP contribution is -2.14. The second kappa shape index (κ2) is 7.12. The summed E-state index contributed by atoms with van der Waals surface area (Å²) in [7, 11) is 0. The molecule has 0 saturated carbocycles. The first kappa shape index (κ1) is 16.6. The van der Waals surface area contributed by atoms with Gasteiger partial charge >= 0.3 is 0 Å². The molecule has 16 heavy (non-hydrogen) atoms. The van der Waals surface area contributed by atoms with Gasteiger partial charge in [-0.05, 0) is 62.9 Å². The van der Waals surface area contributed by atoms with Gasteiger partial charge in [0.15, 0.2) is 0 Å². The van der Waals surface area contributed by atoms with Crippen LogP contribution in [0.15, 0.2) is 12.1 Å². The van der Waals surface area contributed by atoms with Crippen molar-refractivity contribution in [3.05, 3.63) is 24.8 Å². The van der Waals surface area contributed by atoms with Crippen molar-refractivity contribution in [3.8, 4) is 5.75 Å². The maximum Gasteiger partial charge on any atom is 0.240 e. The molecular weight excluding hydrogens is 465 g/mol. The van der Waals surface area contributed by atoms with Gasteiger partial charge in [0.25, 0.3) is 0 Å². The highest BCUT2D eigenvalue weighted by Crippen LogP contribution is 2.30. The van der Waals surface area contributed by atoms with E-state index in [-0.39, 0.29) is 24.6 Å². The molecule has 0 spiro atoms. The highest BCUT2D eigenvalue weighted by Gasteiger charge is 2.15. The Kier molecular flexibility index (Phi) is 7.38. The number of nitrogens with two attached hydrogens (primary N) is 1. The Morgan fingerprint density at radius 2 is 1.69 bits per heavy atom. The maximum atomic E-state index is 12.1. The van der Waals surface area contributed by atoms with Gasteiger partial charge < -0.3 is 10.8 Å². The van der Waals surface area contributed by atoms with Crippen molar-refractivity contribution in [2.75, 3.05) is 0 Å². The third kappa shape index (κ3) is 4.46. The molecule has 7 heteroatoms. The summed E-state index contributed by atoms with van der Waals surface area (Å²) in [5.74, 6) is 0.171. The molecule has 0 aromatic heterocycles. The molecule has 0 aliphatic carbocycles. The van der Waals surface area contributed by atoms with E-state index in [1.165, 1.54) is 0 Å². The highest BCUT2D eigenvalue weighted by molar-refractivity contribution is 14.1. The molecule has 0 amide bonds. The number of rotatable bonds is 3. The van der Waals surface area contributed by atoms with Crippen molar-refractivity contribution in [3.63, 3.8) is 0 Å². The third-order valence-electron chi connectivity index (χ3n) is 1.90. The standard InChI is InChI=1S/C9H9F2I2NO.ClH/c10-8(11)3-7(14)4-1-5(12)9(15)6(13)2-4;/h1-2,7-8,15H,3,14H2;1H/t7-;/m0./s1. The van der Waals surface area contributed by atoms with E-state index in [2.05, 4.69) is 0 Å². The van der Waals surface area contributed by atoms with Crippen LogP contribution in [0.3, 0.4) is 0 Å². The van der Waals surface area contributed by atoms with Gasteiger partial charge in [0.05, 0.1) is 7.14 Å². The monoisotopic (exact) mass is 475 g/mol. The van der Waals surface area contributed by atoms with E-state index < -0.39 is 12.5 Å². The first-order valence-electron chi connectivity index (χ1n) is 4.13. The van der Waals surface area contributed by atoms with E-state index in [0.717, 1.165) is 0 Å². The number of phenolic OH excluding ortho intramolecular Hbond substituents is 1. The maximum absolute atomic E-state index is 12.1. The zero-order valence-corrected chi connectivity index (χ0v) is 13.1. The Morgan fingerprint density at radius 1 is 1.25 bits per heavy atom. The molecule has 92 valence electrons. The van der Waals surface area contributed by atoms with Gasteiger partial charge in [-0.2, -0.15) is 0 Å². The van der Waals surface area contributed by atoms with Crippen molar-refractivity contribution >= 4 is 57.6 Å². The smallest absolute Gasteiger partial charge is 0.240 e. The fourth-order valence-corrected chi connectivity index (χ4v) is 2.94. The largest absolute Gasteiger partial charge is 0.506 e. The van der Waals surface area contributed by atoms with Gasteiger partial charge in [0.1, 0.15) is 5.75 Å². The van der Waals surface area contributed by atoms with Crippen molar-refractivity contribution in [2.24, 2.45) is 5.73 Å². The minimum atomic E-state index is -2.41. The molecule has 0 heterocycles. The zero-order valence-electron chi connectivity index (χ0n) is 7.96. The van der Waals surface area contributed by atoms with Crippen LogP contribution in [0.4, 0.5) is 8.78 Å². The number of aromatic hydroxyl groups is 1. The fraction of sp³-hybridized carbons (Fsp3) is 0.333. The van der Waals surface area contributed by atoms with Crippen LogP contribution in [0.2, 0.25) is 0 Å². The molecule has 1 rings (SSSR count). The quantitative estimate of drug-likeness (QED) is 0.656. The van der Waals surface area contributed by atoms with Gasteiger partial charge in [-0.25, -0.2) is 8.78 Å². The van der Waals surface area contributed by atoms with E-state index in [1.54, 1.807) is 12.1 Å². The van der Waals surface area contributed by atoms with Gasteiger partial charge in [0, 0.05) is 12.5 Å². The molecule has 1 atom stereocenters. The SMILES string of the molecule is Cl.N[C@@H](CC(F)F)c1cc(I)c(O)c(I)c1. The van der Waals surface area contributed by atoms with Crippen LogP contribution < -0.4 is 5.73 Å². The van der Waals surface area contributed by atoms with E-state index in [4.69, 9.17) is 5.73 Å². The Hall–Kier alpha value is 0.590. The van der Waals surface area contributed by atoms with E-state index in [1.807, 2.05) is 45.2 Å². The zero-order chi connectivity index (χ0) is 11.6. The first-order chi connectivity index (χ1) is 6.91. The summed E-state index contributed by atoms with van der Waals surface area (Å²) in [4.78, 5) is 0. The van der Waals surface area contributed by atoms with E-state index in [9.17, 15) is 13.9 Å². The van der Waals surface area contributed by atoms with Crippen LogP contribution in [-0.2, 0) is 0 Å². The summed E-state index contributed by atoms with van der Waals surface area (Å²) in [6.45, 7) is 0. The van der Waals surface area contributed by atoms with Gasteiger partial charge in [0.2, 0.25) is 6.43 Å². The number of benzene rings is 1. The minimum absolute atomic E-state index is 0. The topological polar surface area (TPSA) is 46.2 Å². The van der Waals surface area contributed by atoms with Crippen LogP contribution in [-0.4, -0.2) is 11.5 Å². The van der Waals surface area contributed by atoms with Crippen molar-refractivity contribution < 1.29 is 13.9 Å². The Labute approximate surface area is 126 Å². The molecular formula is C9H10ClF2I2NO. The number of hydrogen-bond donors (Lipinski definition) is 2. The molecule has 3 N–H and O–H groups in total. The summed E-state index contributed by atoms with van der Waals surface area (Å²) in [5, 5.41) is 9.49. The van der Waals surface area contributed by atoms with Crippen molar-refractivity contribution in [1.29, 1.82) is 0 Å². The van der Waals surface area contributed by atoms with Crippen LogP contribution >= 0.6 is 57.6 Å². The molecule has 0 fully saturated rings. The van der Waals surface area contributed by atoms with Crippen molar-refractivity contribution in [2.45, 2.75) is 18.9 Å². The summed E-state index contributed by atoms with van der Waals surface area (Å²) in [6.07, 6.45) is -2.78. The number of phenols is 1. The predicted molar refractivity (Wildman–Crippen MR) is 78.3 cm³/mol. The van der Waals surface area contributed by atoms with Crippen LogP contribution in [0.1, 0.15) is 18.0 Å². The van der Waals surface area contributed by atoms with Crippen LogP contribution in [0.5, 0.6) is 5.75 Å². The minimum Gasteiger partial charge on any atom is -0.506 e. The number of alkyl halides is 2. The Morgan fingerprint density at radius 3 is 2.06 bits per heavy atom. The predicted octanol–water partition coefficient (Wildman–Crippen LogP) is 3.68. The lowest BCUT2D eigenvalue weighted by atomic mass is 10.1. The van der Waals surface area contributed by atoms with Crippen molar-refractivity contribution in [1.82, 2.24) is 0 Å². The molecule has 1 aromatic carbocycles. The van der Waals surface area contributed by atoms with Crippen LogP contribution in [0.25, 0.3) is 0 Å². The van der Waals surface area contributed by atoms with Gasteiger partial charge in [-0.3, -0.25) is 0 Å². The third-order valence-corrected chi connectivity index (χ3v) is 3.54. The fourth-order valence-electron chi connectivity index (χ4n) is 1.13. The Bertz CT molecular complexity index is 342. The van der Waals surface area contributed by atoms with Gasteiger partial charge in [-0.15, -0.1) is 12.4 Å². The molecule has 2 nitrogen and oxygen atoms in total. The molecule has 0 aliphatic heterocycles. The second-order valence-electron chi connectivity index (χ2n) is 3.07. The van der Waals surface area contributed by atoms with E-state index in [0.29, 0.717) is 12.7 Å². The van der Waals surface area contributed by atoms with Crippen LogP contribution in [0, 0.1) is 7.14 Å². The highest BCUT2D eigenvalue weighted by atomic mass is 127. The Balaban J connectivity index is 0.00000225. The lowest BCUT2D eigenvalue weighted by molar-refractivity contribution is 0.128. The molecule has 0 saturated heterocycles. The first-order valence-corrected chi connectivity index (χ1v) is 6.29. The molecule has 0 bridgehead atoms. The second-order valence-corrected chi connectivity index (χ2v) is 5.39. The number of hydrogen-bond acceptors (Lipinski definition) is 2. The molecule has 0 aliphatic rings. The lowest BCUT2D eigenvalue weighted by Gasteiger charge is -2.13. The molecule has 1 aromatic rings. The normalized spacial score (nSPS) is 12.4. The average Bonchev–Trinajstić information content (AvgIpc) is 2.12. The number of halogens is 5. The summed E-state index contributed by atoms with van der Waals surface area (Å²) >= 11 is 3.89. The average molecular weight is 475 g/mol. The summed E-state index contributed by atoms with van der Waals surface area (Å²) in [6, 6.07) is 2.57. The summed E-state index contributed by atoms with van der Waals surface area (Å²) in [5.41, 5.74) is 6.24. The van der Waals surface area contributed by atoms with E-state index >= 15 is 0 Å². The van der Waals surface area contributed by atoms with Gasteiger partial charge in [-0.1, -0.05) is 0 Å². The summed E-state index contributed by atoms with van der Waals surface area (Å²) < 4.78 is 25.5.